The van der Waals surface area contributed by atoms with Gasteiger partial charge >= 0.3 is 0 Å². The molecule has 4 rings (SSSR count). The van der Waals surface area contributed by atoms with Gasteiger partial charge in [-0.15, -0.1) is 0 Å². The monoisotopic (exact) mass is 359 g/mol. The van der Waals surface area contributed by atoms with Crippen LogP contribution in [0.1, 0.15) is 19.3 Å². The minimum Gasteiger partial charge on any atom is -0.455 e. The quantitative estimate of drug-likeness (QED) is 0.622. The van der Waals surface area contributed by atoms with Crippen molar-refractivity contribution in [3.8, 4) is 11.5 Å². The minimum atomic E-state index is 0.0883. The molecule has 0 radical (unpaired) electrons. The molecule has 0 unspecified atom stereocenters. The second kappa shape index (κ2) is 7.91. The van der Waals surface area contributed by atoms with E-state index in [2.05, 4.69) is 15.6 Å². The molecule has 3 aromatic rings. The van der Waals surface area contributed by atoms with Gasteiger partial charge in [0.25, 0.3) is 0 Å². The molecule has 1 aromatic heterocycles. The molecule has 5 nitrogen and oxygen atoms in total. The normalized spacial score (nSPS) is 13.5. The number of para-hydroxylation sites is 3. The molecule has 2 aromatic carbocycles. The van der Waals surface area contributed by atoms with Gasteiger partial charge in [0.1, 0.15) is 11.6 Å². The van der Waals surface area contributed by atoms with Gasteiger partial charge in [0, 0.05) is 5.92 Å². The fraction of sp³-hybridized carbons (Fsp3) is 0.182. The Morgan fingerprint density at radius 1 is 0.963 bits per heavy atom. The highest BCUT2D eigenvalue weighted by Gasteiger charge is 2.25. The molecule has 0 saturated heterocycles. The van der Waals surface area contributed by atoms with E-state index < -0.39 is 0 Å². The summed E-state index contributed by atoms with van der Waals surface area (Å²) in [5.41, 5.74) is 1.53. The van der Waals surface area contributed by atoms with Crippen molar-refractivity contribution in [2.75, 3.05) is 10.6 Å². The maximum Gasteiger partial charge on any atom is 0.227 e. The van der Waals surface area contributed by atoms with Crippen LogP contribution in [-0.2, 0) is 4.79 Å². The second-order valence-electron chi connectivity index (χ2n) is 6.59. The third-order valence-corrected chi connectivity index (χ3v) is 4.63. The molecule has 1 heterocycles. The number of benzene rings is 2. The van der Waals surface area contributed by atoms with Gasteiger partial charge in [0.05, 0.1) is 17.6 Å². The van der Waals surface area contributed by atoms with E-state index in [0.29, 0.717) is 17.3 Å². The Hall–Kier alpha value is -3.34. The number of aromatic nitrogens is 1. The first-order chi connectivity index (χ1) is 13.3. The number of carbonyl (C=O) groups is 1. The van der Waals surface area contributed by atoms with Crippen molar-refractivity contribution in [2.45, 2.75) is 19.3 Å². The summed E-state index contributed by atoms with van der Waals surface area (Å²) >= 11 is 0. The van der Waals surface area contributed by atoms with E-state index >= 15 is 0 Å². The van der Waals surface area contributed by atoms with E-state index in [1.165, 1.54) is 0 Å². The van der Waals surface area contributed by atoms with Crippen LogP contribution in [-0.4, -0.2) is 10.9 Å². The predicted octanol–water partition coefficient (Wildman–Crippen LogP) is 5.36. The number of hydrogen-bond acceptors (Lipinski definition) is 4. The van der Waals surface area contributed by atoms with Crippen molar-refractivity contribution < 1.29 is 9.53 Å². The highest BCUT2D eigenvalue weighted by molar-refractivity contribution is 5.92. The molecule has 0 spiro atoms. The number of pyridine rings is 1. The number of hydrogen-bond donors (Lipinski definition) is 2. The first-order valence-corrected chi connectivity index (χ1v) is 9.14. The van der Waals surface area contributed by atoms with E-state index in [4.69, 9.17) is 4.74 Å². The lowest BCUT2D eigenvalue weighted by Crippen LogP contribution is -2.28. The van der Waals surface area contributed by atoms with Gasteiger partial charge < -0.3 is 15.4 Å². The Morgan fingerprint density at radius 2 is 1.74 bits per heavy atom. The first-order valence-electron chi connectivity index (χ1n) is 9.14. The van der Waals surface area contributed by atoms with Crippen LogP contribution in [0.2, 0.25) is 0 Å². The number of ether oxygens (including phenoxy) is 1. The first kappa shape index (κ1) is 17.1. The molecular weight excluding hydrogens is 338 g/mol. The van der Waals surface area contributed by atoms with Crippen LogP contribution in [0.3, 0.4) is 0 Å². The van der Waals surface area contributed by atoms with Crippen LogP contribution < -0.4 is 15.4 Å². The summed E-state index contributed by atoms with van der Waals surface area (Å²) in [6.45, 7) is 0. The Kier molecular flexibility index (Phi) is 5.01. The number of nitrogens with one attached hydrogen (secondary N) is 2. The summed E-state index contributed by atoms with van der Waals surface area (Å²) in [6, 6.07) is 21.0. The van der Waals surface area contributed by atoms with Gasteiger partial charge in [0.15, 0.2) is 5.75 Å². The fourth-order valence-corrected chi connectivity index (χ4v) is 2.87. The van der Waals surface area contributed by atoms with E-state index in [-0.39, 0.29) is 11.8 Å². The maximum absolute atomic E-state index is 12.0. The smallest absolute Gasteiger partial charge is 0.227 e. The summed E-state index contributed by atoms with van der Waals surface area (Å²) < 4.78 is 5.96. The molecule has 2 N–H and O–H groups in total. The topological polar surface area (TPSA) is 63.2 Å². The lowest BCUT2D eigenvalue weighted by molar-refractivity contribution is -0.122. The van der Waals surface area contributed by atoms with Crippen LogP contribution in [0.25, 0.3) is 0 Å². The fourth-order valence-electron chi connectivity index (χ4n) is 2.87. The maximum atomic E-state index is 12.0. The summed E-state index contributed by atoms with van der Waals surface area (Å²) in [5.74, 6) is 2.41. The minimum absolute atomic E-state index is 0.0883. The van der Waals surface area contributed by atoms with Crippen LogP contribution >= 0.6 is 0 Å². The van der Waals surface area contributed by atoms with E-state index in [9.17, 15) is 4.79 Å². The highest BCUT2D eigenvalue weighted by Crippen LogP contribution is 2.31. The summed E-state index contributed by atoms with van der Waals surface area (Å²) in [6.07, 6.45) is 4.78. The molecule has 1 aliphatic carbocycles. The lowest BCUT2D eigenvalue weighted by atomic mass is 9.85. The molecule has 1 aliphatic rings. The van der Waals surface area contributed by atoms with Gasteiger partial charge in [0.2, 0.25) is 5.91 Å². The van der Waals surface area contributed by atoms with Crippen molar-refractivity contribution in [1.29, 1.82) is 0 Å². The Balaban J connectivity index is 1.44. The standard InChI is InChI=1S/C22H21N3O2/c26-22(16-7-6-8-16)24-17-13-14-21(23-15-17)25-19-11-4-5-12-20(19)27-18-9-2-1-3-10-18/h1-5,9-16H,6-8H2,(H,23,25)(H,24,26). The molecule has 0 bridgehead atoms. The van der Waals surface area contributed by atoms with Crippen LogP contribution in [0.15, 0.2) is 72.9 Å². The Bertz CT molecular complexity index is 906. The number of rotatable bonds is 6. The summed E-state index contributed by atoms with van der Waals surface area (Å²) in [7, 11) is 0. The molecule has 5 heteroatoms. The van der Waals surface area contributed by atoms with Crippen LogP contribution in [0.5, 0.6) is 11.5 Å². The molecule has 0 atom stereocenters. The van der Waals surface area contributed by atoms with Gasteiger partial charge in [-0.1, -0.05) is 36.8 Å². The molecule has 1 saturated carbocycles. The van der Waals surface area contributed by atoms with Crippen LogP contribution in [0, 0.1) is 5.92 Å². The zero-order valence-corrected chi connectivity index (χ0v) is 14.9. The molecule has 0 aliphatic heterocycles. The van der Waals surface area contributed by atoms with Crippen molar-refractivity contribution >= 4 is 23.1 Å². The molecule has 1 fully saturated rings. The number of nitrogens with zero attached hydrogens (tertiary/aromatic N) is 1. The number of amides is 1. The van der Waals surface area contributed by atoms with E-state index in [1.807, 2.05) is 66.7 Å². The van der Waals surface area contributed by atoms with Gasteiger partial charge in [-0.05, 0) is 49.2 Å². The molecular formula is C22H21N3O2. The highest BCUT2D eigenvalue weighted by atomic mass is 16.5. The summed E-state index contributed by atoms with van der Waals surface area (Å²) in [4.78, 5) is 16.4. The zero-order chi connectivity index (χ0) is 18.5. The average molecular weight is 359 g/mol. The molecule has 1 amide bonds. The van der Waals surface area contributed by atoms with Gasteiger partial charge in [-0.2, -0.15) is 0 Å². The zero-order valence-electron chi connectivity index (χ0n) is 14.9. The SMILES string of the molecule is O=C(Nc1ccc(Nc2ccccc2Oc2ccccc2)nc1)C1CCC1. The summed E-state index contributed by atoms with van der Waals surface area (Å²) in [5, 5.41) is 6.19. The van der Waals surface area contributed by atoms with Crippen molar-refractivity contribution in [3.63, 3.8) is 0 Å². The van der Waals surface area contributed by atoms with E-state index in [1.54, 1.807) is 6.20 Å². The van der Waals surface area contributed by atoms with E-state index in [0.717, 1.165) is 30.7 Å². The van der Waals surface area contributed by atoms with Crippen LogP contribution in [0.4, 0.5) is 17.2 Å². The van der Waals surface area contributed by atoms with Crippen molar-refractivity contribution in [3.05, 3.63) is 72.9 Å². The Labute approximate surface area is 158 Å². The van der Waals surface area contributed by atoms with Crippen molar-refractivity contribution in [2.24, 2.45) is 5.92 Å². The molecule has 136 valence electrons. The van der Waals surface area contributed by atoms with Crippen molar-refractivity contribution in [1.82, 2.24) is 4.98 Å². The third-order valence-electron chi connectivity index (χ3n) is 4.63. The van der Waals surface area contributed by atoms with Gasteiger partial charge in [-0.25, -0.2) is 4.98 Å². The second-order valence-corrected chi connectivity index (χ2v) is 6.59. The third kappa shape index (κ3) is 4.26. The largest absolute Gasteiger partial charge is 0.455 e. The number of carbonyl (C=O) groups excluding carboxylic acids is 1. The van der Waals surface area contributed by atoms with Gasteiger partial charge in [-0.3, -0.25) is 4.79 Å². The lowest BCUT2D eigenvalue weighted by Gasteiger charge is -2.23. The predicted molar refractivity (Wildman–Crippen MR) is 106 cm³/mol. The Morgan fingerprint density at radius 3 is 2.44 bits per heavy atom. The molecule has 27 heavy (non-hydrogen) atoms. The average Bonchev–Trinajstić information content (AvgIpc) is 2.64. The number of anilines is 3.